The first-order valence-corrected chi connectivity index (χ1v) is 6.21. The highest BCUT2D eigenvalue weighted by atomic mass is 19.3. The Kier molecular flexibility index (Phi) is 5.63. The molecule has 0 fully saturated rings. The second-order valence-electron chi connectivity index (χ2n) is 4.54. The topological polar surface area (TPSA) is 64.6 Å². The van der Waals surface area contributed by atoms with Crippen LogP contribution in [-0.2, 0) is 9.53 Å². The normalized spacial score (nSPS) is 12.0. The molecule has 0 aromatic heterocycles. The predicted molar refractivity (Wildman–Crippen MR) is 71.5 cm³/mol. The van der Waals surface area contributed by atoms with E-state index >= 15 is 0 Å². The van der Waals surface area contributed by atoms with Crippen molar-refractivity contribution in [3.8, 4) is 5.75 Å². The highest BCUT2D eigenvalue weighted by Crippen LogP contribution is 2.26. The molecule has 0 aliphatic rings. The third-order valence-electron chi connectivity index (χ3n) is 2.83. The average Bonchev–Trinajstić information content (AvgIpc) is 2.41. The number of carbonyl (C=O) groups excluding carboxylic acids is 2. The van der Waals surface area contributed by atoms with Gasteiger partial charge in [-0.3, -0.25) is 4.79 Å². The zero-order valence-electron chi connectivity index (χ0n) is 12.2. The van der Waals surface area contributed by atoms with Crippen LogP contribution in [0.15, 0.2) is 12.1 Å². The largest absolute Gasteiger partial charge is 0.467 e. The molecule has 1 rings (SSSR count). The fraction of sp³-hybridized carbons (Fsp3) is 0.429. The van der Waals surface area contributed by atoms with Crippen molar-refractivity contribution in [1.82, 2.24) is 5.32 Å². The lowest BCUT2D eigenvalue weighted by atomic mass is 10.0. The van der Waals surface area contributed by atoms with Gasteiger partial charge in [-0.15, -0.1) is 0 Å². The Morgan fingerprint density at radius 2 is 1.71 bits per heavy atom. The van der Waals surface area contributed by atoms with Gasteiger partial charge in [0.25, 0.3) is 5.91 Å². The van der Waals surface area contributed by atoms with Gasteiger partial charge in [0, 0.05) is 5.56 Å². The van der Waals surface area contributed by atoms with Gasteiger partial charge in [-0.05, 0) is 44.0 Å². The van der Waals surface area contributed by atoms with E-state index in [1.807, 2.05) is 0 Å². The number of alkyl halides is 2. The summed E-state index contributed by atoms with van der Waals surface area (Å²) < 4.78 is 33.5. The average molecular weight is 301 g/mol. The first-order chi connectivity index (χ1) is 9.76. The number of halogens is 2. The summed E-state index contributed by atoms with van der Waals surface area (Å²) in [6, 6.07) is 2.04. The molecule has 5 nitrogen and oxygen atoms in total. The number of amides is 1. The zero-order chi connectivity index (χ0) is 16.2. The number of benzene rings is 1. The highest BCUT2D eigenvalue weighted by molar-refractivity contribution is 5.97. The minimum Gasteiger partial charge on any atom is -0.467 e. The molecule has 0 aliphatic carbocycles. The third-order valence-corrected chi connectivity index (χ3v) is 2.83. The minimum atomic E-state index is -2.93. The number of esters is 1. The van der Waals surface area contributed by atoms with Crippen molar-refractivity contribution >= 4 is 11.9 Å². The second-order valence-corrected chi connectivity index (χ2v) is 4.54. The molecule has 0 saturated carbocycles. The molecule has 0 spiro atoms. The van der Waals surface area contributed by atoms with Crippen molar-refractivity contribution in [2.75, 3.05) is 7.11 Å². The number of aryl methyl sites for hydroxylation is 2. The molecule has 0 radical (unpaired) electrons. The molecule has 0 aliphatic heterocycles. The van der Waals surface area contributed by atoms with E-state index in [-0.39, 0.29) is 11.3 Å². The molecule has 0 heterocycles. The van der Waals surface area contributed by atoms with Gasteiger partial charge in [-0.1, -0.05) is 0 Å². The molecule has 21 heavy (non-hydrogen) atoms. The van der Waals surface area contributed by atoms with E-state index in [0.29, 0.717) is 11.1 Å². The first-order valence-electron chi connectivity index (χ1n) is 6.21. The third kappa shape index (κ3) is 4.40. The van der Waals surface area contributed by atoms with Gasteiger partial charge in [0.15, 0.2) is 0 Å². The van der Waals surface area contributed by atoms with Crippen molar-refractivity contribution in [3.05, 3.63) is 28.8 Å². The van der Waals surface area contributed by atoms with Crippen LogP contribution in [-0.4, -0.2) is 31.6 Å². The molecule has 116 valence electrons. The van der Waals surface area contributed by atoms with E-state index in [2.05, 4.69) is 14.8 Å². The lowest BCUT2D eigenvalue weighted by Crippen LogP contribution is -2.39. The fourth-order valence-electron chi connectivity index (χ4n) is 1.87. The first kappa shape index (κ1) is 16.9. The molecule has 7 heteroatoms. The molecule has 1 amide bonds. The standard InChI is InChI=1S/C14H17F2NO4/c1-7-5-10(6-8(2)11(7)21-14(15)16)12(18)17-9(3)13(19)20-4/h5-6,9,14H,1-4H3,(H,17,18)/t9-/m1/s1. The summed E-state index contributed by atoms with van der Waals surface area (Å²) >= 11 is 0. The molecular formula is C14H17F2NO4. The van der Waals surface area contributed by atoms with Gasteiger partial charge in [0.1, 0.15) is 11.8 Å². The number of ether oxygens (including phenoxy) is 2. The number of hydrogen-bond acceptors (Lipinski definition) is 4. The number of nitrogens with one attached hydrogen (secondary N) is 1. The fourth-order valence-corrected chi connectivity index (χ4v) is 1.87. The maximum Gasteiger partial charge on any atom is 0.387 e. The minimum absolute atomic E-state index is 0.0440. The second kappa shape index (κ2) is 7.01. The molecule has 0 bridgehead atoms. The van der Waals surface area contributed by atoms with Crippen LogP contribution in [0.2, 0.25) is 0 Å². The Morgan fingerprint density at radius 1 is 1.19 bits per heavy atom. The van der Waals surface area contributed by atoms with Crippen molar-refractivity contribution in [1.29, 1.82) is 0 Å². The Labute approximate surface area is 121 Å². The van der Waals surface area contributed by atoms with Crippen molar-refractivity contribution < 1.29 is 27.8 Å². The Hall–Kier alpha value is -2.18. The molecule has 0 saturated heterocycles. The lowest BCUT2D eigenvalue weighted by molar-refractivity contribution is -0.142. The van der Waals surface area contributed by atoms with Crippen molar-refractivity contribution in [2.45, 2.75) is 33.4 Å². The number of rotatable bonds is 5. The van der Waals surface area contributed by atoms with Gasteiger partial charge >= 0.3 is 12.6 Å². The molecule has 1 aromatic carbocycles. The number of hydrogen-bond donors (Lipinski definition) is 1. The van der Waals surface area contributed by atoms with Gasteiger partial charge in [0.05, 0.1) is 7.11 Å². The Morgan fingerprint density at radius 3 is 2.14 bits per heavy atom. The molecule has 1 atom stereocenters. The highest BCUT2D eigenvalue weighted by Gasteiger charge is 2.19. The van der Waals surface area contributed by atoms with E-state index in [4.69, 9.17) is 0 Å². The number of methoxy groups -OCH3 is 1. The van der Waals surface area contributed by atoms with Crippen LogP contribution in [0.5, 0.6) is 5.75 Å². The summed E-state index contributed by atoms with van der Waals surface area (Å²) in [4.78, 5) is 23.3. The van der Waals surface area contributed by atoms with Gasteiger partial charge in [-0.2, -0.15) is 8.78 Å². The SMILES string of the molecule is COC(=O)[C@@H](C)NC(=O)c1cc(C)c(OC(F)F)c(C)c1. The Balaban J connectivity index is 2.94. The van der Waals surface area contributed by atoms with E-state index in [0.717, 1.165) is 0 Å². The van der Waals surface area contributed by atoms with Crippen LogP contribution in [0.3, 0.4) is 0 Å². The van der Waals surface area contributed by atoms with E-state index in [9.17, 15) is 18.4 Å². The lowest BCUT2D eigenvalue weighted by Gasteiger charge is -2.15. The van der Waals surface area contributed by atoms with Crippen LogP contribution < -0.4 is 10.1 Å². The Bertz CT molecular complexity index is 523. The summed E-state index contributed by atoms with van der Waals surface area (Å²) in [7, 11) is 1.22. The smallest absolute Gasteiger partial charge is 0.387 e. The van der Waals surface area contributed by atoms with Gasteiger partial charge < -0.3 is 14.8 Å². The summed E-state index contributed by atoms with van der Waals surface area (Å²) in [5, 5.41) is 2.46. The quantitative estimate of drug-likeness (QED) is 0.847. The van der Waals surface area contributed by atoms with E-state index in [1.54, 1.807) is 13.8 Å². The van der Waals surface area contributed by atoms with E-state index in [1.165, 1.54) is 26.2 Å². The van der Waals surface area contributed by atoms with Crippen molar-refractivity contribution in [2.24, 2.45) is 0 Å². The molecular weight excluding hydrogens is 284 g/mol. The van der Waals surface area contributed by atoms with Gasteiger partial charge in [-0.25, -0.2) is 4.79 Å². The maximum absolute atomic E-state index is 12.3. The summed E-state index contributed by atoms with van der Waals surface area (Å²) in [5.74, 6) is -1.03. The van der Waals surface area contributed by atoms with Crippen molar-refractivity contribution in [3.63, 3.8) is 0 Å². The van der Waals surface area contributed by atoms with Crippen LogP contribution in [0.25, 0.3) is 0 Å². The van der Waals surface area contributed by atoms with E-state index < -0.39 is 24.5 Å². The van der Waals surface area contributed by atoms with Gasteiger partial charge in [0.2, 0.25) is 0 Å². The molecule has 0 unspecified atom stereocenters. The monoisotopic (exact) mass is 301 g/mol. The maximum atomic E-state index is 12.3. The molecule has 1 N–H and O–H groups in total. The summed E-state index contributed by atoms with van der Waals surface area (Å²) in [6.45, 7) is 1.68. The summed E-state index contributed by atoms with van der Waals surface area (Å²) in [5.41, 5.74) is 1.07. The number of carbonyl (C=O) groups is 2. The molecule has 1 aromatic rings. The predicted octanol–water partition coefficient (Wildman–Crippen LogP) is 2.20. The van der Waals surface area contributed by atoms with Crippen LogP contribution in [0.4, 0.5) is 8.78 Å². The van der Waals surface area contributed by atoms with Crippen LogP contribution in [0.1, 0.15) is 28.4 Å². The van der Waals surface area contributed by atoms with Crippen LogP contribution >= 0.6 is 0 Å². The zero-order valence-corrected chi connectivity index (χ0v) is 12.2. The van der Waals surface area contributed by atoms with Crippen LogP contribution in [0, 0.1) is 13.8 Å². The summed E-state index contributed by atoms with van der Waals surface area (Å²) in [6.07, 6.45) is 0.